The lowest BCUT2D eigenvalue weighted by Crippen LogP contribution is -2.28. The summed E-state index contributed by atoms with van der Waals surface area (Å²) >= 11 is 0. The van der Waals surface area contributed by atoms with Gasteiger partial charge in [-0.05, 0) is 23.8 Å². The van der Waals surface area contributed by atoms with Crippen molar-refractivity contribution in [3.8, 4) is 17.0 Å². The molecular weight excluding hydrogens is 340 g/mol. The summed E-state index contributed by atoms with van der Waals surface area (Å²) in [5.74, 6) is 0.902. The molecule has 27 heavy (non-hydrogen) atoms. The van der Waals surface area contributed by atoms with Crippen LogP contribution in [0.2, 0.25) is 0 Å². The molecule has 0 spiro atoms. The molecule has 3 aromatic rings. The molecule has 0 radical (unpaired) electrons. The molecule has 1 aromatic heterocycles. The van der Waals surface area contributed by atoms with Crippen molar-refractivity contribution in [2.45, 2.75) is 6.42 Å². The molecule has 6 heteroatoms. The summed E-state index contributed by atoms with van der Waals surface area (Å²) in [6, 6.07) is 19.5. The zero-order chi connectivity index (χ0) is 19.1. The average molecular weight is 360 g/mol. The average Bonchev–Trinajstić information content (AvgIpc) is 2.73. The first kappa shape index (κ1) is 18.1. The van der Waals surface area contributed by atoms with Crippen LogP contribution in [-0.4, -0.2) is 23.2 Å². The predicted molar refractivity (Wildman–Crippen MR) is 105 cm³/mol. The van der Waals surface area contributed by atoms with E-state index >= 15 is 0 Å². The molecule has 0 aliphatic heterocycles. The van der Waals surface area contributed by atoms with Gasteiger partial charge in [0.2, 0.25) is 0 Å². The van der Waals surface area contributed by atoms with Crippen molar-refractivity contribution < 1.29 is 9.53 Å². The highest BCUT2D eigenvalue weighted by Crippen LogP contribution is 2.26. The Hall–Kier alpha value is -3.67. The van der Waals surface area contributed by atoms with Crippen molar-refractivity contribution in [2.24, 2.45) is 0 Å². The van der Waals surface area contributed by atoms with E-state index in [2.05, 4.69) is 27.6 Å². The summed E-state index contributed by atoms with van der Waals surface area (Å²) < 4.78 is 5.45. The number of rotatable bonds is 7. The lowest BCUT2D eigenvalue weighted by Gasteiger charge is -2.14. The number of carbonyl (C=O) groups is 1. The molecule has 0 aliphatic carbocycles. The van der Waals surface area contributed by atoms with Gasteiger partial charge in [0.25, 0.3) is 5.91 Å². The lowest BCUT2D eigenvalue weighted by atomic mass is 10.0. The van der Waals surface area contributed by atoms with Crippen LogP contribution >= 0.6 is 0 Å². The molecule has 0 atom stereocenters. The number of ether oxygens (including phenoxy) is 1. The van der Waals surface area contributed by atoms with Crippen LogP contribution in [0.4, 0.5) is 5.82 Å². The van der Waals surface area contributed by atoms with Gasteiger partial charge in [0.05, 0.1) is 12.8 Å². The minimum absolute atomic E-state index is 0.354. The van der Waals surface area contributed by atoms with Crippen molar-refractivity contribution in [3.63, 3.8) is 0 Å². The van der Waals surface area contributed by atoms with E-state index in [0.29, 0.717) is 12.2 Å². The van der Waals surface area contributed by atoms with Gasteiger partial charge < -0.3 is 4.74 Å². The van der Waals surface area contributed by atoms with Gasteiger partial charge in [-0.3, -0.25) is 15.6 Å². The number of aromatic nitrogens is 2. The summed E-state index contributed by atoms with van der Waals surface area (Å²) in [5, 5.41) is 8.54. The molecule has 0 aliphatic rings. The van der Waals surface area contributed by atoms with Crippen molar-refractivity contribution in [2.75, 3.05) is 12.5 Å². The highest BCUT2D eigenvalue weighted by molar-refractivity contribution is 5.87. The van der Waals surface area contributed by atoms with Gasteiger partial charge in [-0.1, -0.05) is 55.1 Å². The number of hydrogen-bond acceptors (Lipinski definition) is 5. The maximum atomic E-state index is 11.5. The van der Waals surface area contributed by atoms with Crippen molar-refractivity contribution in [3.05, 3.63) is 84.4 Å². The Balaban J connectivity index is 1.98. The number of nitrogens with one attached hydrogen (secondary N) is 2. The molecule has 0 unspecified atom stereocenters. The molecule has 0 bridgehead atoms. The summed E-state index contributed by atoms with van der Waals surface area (Å²) in [7, 11) is 1.64. The van der Waals surface area contributed by atoms with E-state index in [0.717, 1.165) is 28.1 Å². The number of anilines is 1. The number of para-hydroxylation sites is 1. The number of benzene rings is 2. The summed E-state index contributed by atoms with van der Waals surface area (Å²) in [5.41, 5.74) is 8.93. The molecule has 2 aromatic carbocycles. The van der Waals surface area contributed by atoms with E-state index in [1.807, 2.05) is 60.7 Å². The van der Waals surface area contributed by atoms with E-state index in [-0.39, 0.29) is 5.91 Å². The molecule has 1 heterocycles. The third-order valence-corrected chi connectivity index (χ3v) is 4.01. The first-order valence-electron chi connectivity index (χ1n) is 8.43. The van der Waals surface area contributed by atoms with Crippen LogP contribution in [0.5, 0.6) is 5.75 Å². The summed E-state index contributed by atoms with van der Waals surface area (Å²) in [4.78, 5) is 11.5. The molecule has 0 saturated heterocycles. The molecule has 2 N–H and O–H groups in total. The molecular formula is C21H20N4O2. The van der Waals surface area contributed by atoms with Crippen LogP contribution < -0.4 is 15.6 Å². The van der Waals surface area contributed by atoms with Gasteiger partial charge >= 0.3 is 0 Å². The molecule has 6 nitrogen and oxygen atoms in total. The van der Waals surface area contributed by atoms with Crippen LogP contribution in [-0.2, 0) is 11.2 Å². The number of carbonyl (C=O) groups excluding carboxylic acids is 1. The fraction of sp³-hybridized carbons (Fsp3) is 0.0952. The minimum Gasteiger partial charge on any atom is -0.496 e. The largest absolute Gasteiger partial charge is 0.496 e. The smallest absolute Gasteiger partial charge is 0.261 e. The van der Waals surface area contributed by atoms with Gasteiger partial charge in [-0.2, -0.15) is 0 Å². The molecule has 0 fully saturated rings. The monoisotopic (exact) mass is 360 g/mol. The number of hydrazine groups is 1. The Kier molecular flexibility index (Phi) is 5.79. The fourth-order valence-corrected chi connectivity index (χ4v) is 2.65. The minimum atomic E-state index is -0.354. The van der Waals surface area contributed by atoms with E-state index in [4.69, 9.17) is 4.74 Å². The van der Waals surface area contributed by atoms with Gasteiger partial charge in [-0.25, -0.2) is 0 Å². The topological polar surface area (TPSA) is 76.1 Å². The molecule has 3 rings (SSSR count). The van der Waals surface area contributed by atoms with E-state index in [1.165, 1.54) is 6.08 Å². The Morgan fingerprint density at radius 1 is 1.07 bits per heavy atom. The van der Waals surface area contributed by atoms with E-state index < -0.39 is 0 Å². The Bertz CT molecular complexity index is 942. The Labute approximate surface area is 157 Å². The number of methoxy groups -OCH3 is 1. The zero-order valence-electron chi connectivity index (χ0n) is 15.0. The van der Waals surface area contributed by atoms with Crippen LogP contribution in [0.25, 0.3) is 11.3 Å². The second kappa shape index (κ2) is 8.62. The Morgan fingerprint density at radius 2 is 1.81 bits per heavy atom. The molecule has 136 valence electrons. The van der Waals surface area contributed by atoms with Crippen molar-refractivity contribution >= 4 is 11.7 Å². The SMILES string of the molecule is C=CC(=O)NNc1nnc(-c2ccccc2)cc1Cc1ccccc1OC. The third kappa shape index (κ3) is 4.49. The van der Waals surface area contributed by atoms with E-state index in [9.17, 15) is 4.79 Å². The summed E-state index contributed by atoms with van der Waals surface area (Å²) in [6.45, 7) is 3.43. The van der Waals surface area contributed by atoms with Crippen LogP contribution in [0.1, 0.15) is 11.1 Å². The van der Waals surface area contributed by atoms with Crippen molar-refractivity contribution in [1.29, 1.82) is 0 Å². The summed E-state index contributed by atoms with van der Waals surface area (Å²) in [6.07, 6.45) is 1.74. The number of hydrogen-bond donors (Lipinski definition) is 2. The maximum Gasteiger partial charge on any atom is 0.261 e. The van der Waals surface area contributed by atoms with Gasteiger partial charge in [-0.15, -0.1) is 10.2 Å². The van der Waals surface area contributed by atoms with Crippen LogP contribution in [0, 0.1) is 0 Å². The highest BCUT2D eigenvalue weighted by Gasteiger charge is 2.12. The first-order chi connectivity index (χ1) is 13.2. The first-order valence-corrected chi connectivity index (χ1v) is 8.43. The second-order valence-electron chi connectivity index (χ2n) is 5.78. The molecule has 0 saturated carbocycles. The normalized spacial score (nSPS) is 10.1. The fourth-order valence-electron chi connectivity index (χ4n) is 2.65. The van der Waals surface area contributed by atoms with Crippen LogP contribution in [0.15, 0.2) is 73.3 Å². The quantitative estimate of drug-likeness (QED) is 0.499. The zero-order valence-corrected chi connectivity index (χ0v) is 15.0. The number of amides is 1. The predicted octanol–water partition coefficient (Wildman–Crippen LogP) is 3.37. The maximum absolute atomic E-state index is 11.5. The number of nitrogens with zero attached hydrogens (tertiary/aromatic N) is 2. The van der Waals surface area contributed by atoms with Gasteiger partial charge in [0, 0.05) is 17.5 Å². The standard InChI is InChI=1S/C21H20N4O2/c1-3-20(26)23-25-21-17(13-16-11-7-8-12-19(16)27-2)14-18(22-24-21)15-9-5-4-6-10-15/h3-12,14H,1,13H2,2H3,(H,23,26)(H,24,25). The van der Waals surface area contributed by atoms with Crippen molar-refractivity contribution in [1.82, 2.24) is 15.6 Å². The van der Waals surface area contributed by atoms with Gasteiger partial charge in [0.15, 0.2) is 5.82 Å². The van der Waals surface area contributed by atoms with Gasteiger partial charge in [0.1, 0.15) is 5.75 Å². The second-order valence-corrected chi connectivity index (χ2v) is 5.78. The van der Waals surface area contributed by atoms with E-state index in [1.54, 1.807) is 7.11 Å². The lowest BCUT2D eigenvalue weighted by molar-refractivity contribution is -0.116. The highest BCUT2D eigenvalue weighted by atomic mass is 16.5. The molecule has 1 amide bonds. The Morgan fingerprint density at radius 3 is 2.56 bits per heavy atom. The van der Waals surface area contributed by atoms with Crippen LogP contribution in [0.3, 0.4) is 0 Å². The third-order valence-electron chi connectivity index (χ3n) is 4.01.